The van der Waals surface area contributed by atoms with Crippen molar-refractivity contribution in [2.24, 2.45) is 0 Å². The first-order chi connectivity index (χ1) is 6.25. The van der Waals surface area contributed by atoms with Crippen LogP contribution in [0.2, 0.25) is 0 Å². The summed E-state index contributed by atoms with van der Waals surface area (Å²) in [7, 11) is 0. The zero-order chi connectivity index (χ0) is 9.68. The number of aliphatic hydroxyl groups excluding tert-OH is 2. The number of aliphatic hydroxyl groups is 2. The van der Waals surface area contributed by atoms with E-state index >= 15 is 0 Å². The molecule has 0 aliphatic carbocycles. The van der Waals surface area contributed by atoms with Crippen LogP contribution >= 0.6 is 0 Å². The van der Waals surface area contributed by atoms with Crippen molar-refractivity contribution in [3.05, 3.63) is 0 Å². The third kappa shape index (κ3) is 3.23. The Labute approximate surface area is 78.9 Å². The minimum absolute atomic E-state index is 0.254. The molecule has 3 atom stereocenters. The number of rotatable bonds is 4. The molecule has 1 rings (SSSR count). The lowest BCUT2D eigenvalue weighted by molar-refractivity contribution is -0.132. The Bertz CT molecular complexity index is 143. The first-order valence-corrected chi connectivity index (χ1v) is 4.94. The van der Waals surface area contributed by atoms with Crippen molar-refractivity contribution in [2.75, 3.05) is 19.7 Å². The fraction of sp³-hybridized carbons (Fsp3) is 1.00. The third-order valence-electron chi connectivity index (χ3n) is 2.29. The van der Waals surface area contributed by atoms with E-state index in [2.05, 4.69) is 12.2 Å². The van der Waals surface area contributed by atoms with Crippen LogP contribution in [0.5, 0.6) is 0 Å². The van der Waals surface area contributed by atoms with Crippen molar-refractivity contribution < 1.29 is 14.9 Å². The van der Waals surface area contributed by atoms with Gasteiger partial charge >= 0.3 is 0 Å². The van der Waals surface area contributed by atoms with E-state index in [1.165, 1.54) is 0 Å². The highest BCUT2D eigenvalue weighted by Crippen LogP contribution is 2.13. The third-order valence-corrected chi connectivity index (χ3v) is 2.29. The van der Waals surface area contributed by atoms with Crippen LogP contribution in [0, 0.1) is 0 Å². The van der Waals surface area contributed by atoms with Gasteiger partial charge in [-0.3, -0.25) is 0 Å². The summed E-state index contributed by atoms with van der Waals surface area (Å²) in [4.78, 5) is 0. The molecule has 1 saturated heterocycles. The summed E-state index contributed by atoms with van der Waals surface area (Å²) >= 11 is 0. The van der Waals surface area contributed by atoms with E-state index in [0.717, 1.165) is 13.0 Å². The summed E-state index contributed by atoms with van der Waals surface area (Å²) in [5.74, 6) is 0. The second-order valence-electron chi connectivity index (χ2n) is 3.46. The lowest BCUT2D eigenvalue weighted by Gasteiger charge is -2.32. The van der Waals surface area contributed by atoms with Gasteiger partial charge in [0.1, 0.15) is 6.10 Å². The largest absolute Gasteiger partial charge is 0.390 e. The smallest absolute Gasteiger partial charge is 0.107 e. The highest BCUT2D eigenvalue weighted by molar-refractivity contribution is 4.82. The second-order valence-corrected chi connectivity index (χ2v) is 3.46. The van der Waals surface area contributed by atoms with Crippen molar-refractivity contribution in [1.29, 1.82) is 0 Å². The summed E-state index contributed by atoms with van der Waals surface area (Å²) in [5.41, 5.74) is 0. The summed E-state index contributed by atoms with van der Waals surface area (Å²) in [5, 5.41) is 22.0. The molecule has 0 aromatic rings. The Hall–Kier alpha value is -0.160. The fourth-order valence-corrected chi connectivity index (χ4v) is 1.46. The van der Waals surface area contributed by atoms with E-state index in [9.17, 15) is 10.2 Å². The average molecular weight is 189 g/mol. The van der Waals surface area contributed by atoms with Gasteiger partial charge < -0.3 is 20.3 Å². The molecule has 1 aliphatic heterocycles. The van der Waals surface area contributed by atoms with Gasteiger partial charge in [0.25, 0.3) is 0 Å². The topological polar surface area (TPSA) is 61.7 Å². The molecule has 3 N–H and O–H groups in total. The van der Waals surface area contributed by atoms with Crippen LogP contribution in [0.25, 0.3) is 0 Å². The van der Waals surface area contributed by atoms with Crippen LogP contribution in [0.15, 0.2) is 0 Å². The molecule has 4 nitrogen and oxygen atoms in total. The van der Waals surface area contributed by atoms with Crippen molar-refractivity contribution in [3.8, 4) is 0 Å². The van der Waals surface area contributed by atoms with Gasteiger partial charge in [-0.2, -0.15) is 0 Å². The van der Waals surface area contributed by atoms with E-state index in [1.54, 1.807) is 0 Å². The molecule has 2 unspecified atom stereocenters. The van der Waals surface area contributed by atoms with Gasteiger partial charge in [0, 0.05) is 13.2 Å². The molecular formula is C9H19NO3. The van der Waals surface area contributed by atoms with Gasteiger partial charge in [-0.15, -0.1) is 0 Å². The molecule has 0 saturated carbocycles. The maximum absolute atomic E-state index is 9.52. The molecule has 0 spiro atoms. The van der Waals surface area contributed by atoms with Crippen molar-refractivity contribution in [1.82, 2.24) is 5.32 Å². The average Bonchev–Trinajstić information content (AvgIpc) is 2.13. The van der Waals surface area contributed by atoms with Gasteiger partial charge in [0.2, 0.25) is 0 Å². The van der Waals surface area contributed by atoms with Crippen LogP contribution < -0.4 is 5.32 Å². The van der Waals surface area contributed by atoms with Gasteiger partial charge in [-0.1, -0.05) is 6.92 Å². The SMILES string of the molecule is CCCNCC1OCCC(O)[C@@H]1O. The normalized spacial score (nSPS) is 34.8. The molecule has 0 radical (unpaired) electrons. The standard InChI is InChI=1S/C9H19NO3/c1-2-4-10-6-8-9(12)7(11)3-5-13-8/h7-12H,2-6H2,1H3/t7?,8?,9-/m0/s1. The van der Waals surface area contributed by atoms with Gasteiger partial charge in [0.15, 0.2) is 0 Å². The van der Waals surface area contributed by atoms with E-state index in [-0.39, 0.29) is 6.10 Å². The van der Waals surface area contributed by atoms with E-state index in [4.69, 9.17) is 4.74 Å². The highest BCUT2D eigenvalue weighted by atomic mass is 16.5. The summed E-state index contributed by atoms with van der Waals surface area (Å²) in [6, 6.07) is 0. The zero-order valence-corrected chi connectivity index (χ0v) is 8.07. The molecule has 78 valence electrons. The van der Waals surface area contributed by atoms with Crippen LogP contribution in [0.1, 0.15) is 19.8 Å². The predicted octanol–water partition coefficient (Wildman–Crippen LogP) is -0.503. The first kappa shape index (κ1) is 10.9. The Morgan fingerprint density at radius 2 is 2.23 bits per heavy atom. The summed E-state index contributed by atoms with van der Waals surface area (Å²) in [6.07, 6.45) is -0.0211. The number of ether oxygens (including phenoxy) is 1. The maximum Gasteiger partial charge on any atom is 0.107 e. The lowest BCUT2D eigenvalue weighted by atomic mass is 10.0. The Balaban J connectivity index is 2.23. The number of hydrogen-bond donors (Lipinski definition) is 3. The molecule has 0 aromatic heterocycles. The van der Waals surface area contributed by atoms with E-state index < -0.39 is 12.2 Å². The highest BCUT2D eigenvalue weighted by Gasteiger charge is 2.30. The summed E-state index contributed by atoms with van der Waals surface area (Å²) in [6.45, 7) is 4.16. The molecule has 4 heteroatoms. The molecule has 13 heavy (non-hydrogen) atoms. The quantitative estimate of drug-likeness (QED) is 0.522. The van der Waals surface area contributed by atoms with Gasteiger partial charge in [-0.05, 0) is 19.4 Å². The predicted molar refractivity (Wildman–Crippen MR) is 49.5 cm³/mol. The van der Waals surface area contributed by atoms with Crippen LogP contribution in [0.3, 0.4) is 0 Å². The minimum Gasteiger partial charge on any atom is -0.390 e. The molecule has 0 bridgehead atoms. The van der Waals surface area contributed by atoms with Gasteiger partial charge in [0.05, 0.1) is 12.2 Å². The summed E-state index contributed by atoms with van der Waals surface area (Å²) < 4.78 is 5.33. The van der Waals surface area contributed by atoms with E-state index in [1.807, 2.05) is 0 Å². The Kier molecular flexibility index (Phi) is 4.66. The lowest BCUT2D eigenvalue weighted by Crippen LogP contribution is -2.49. The van der Waals surface area contributed by atoms with Crippen molar-refractivity contribution >= 4 is 0 Å². The van der Waals surface area contributed by atoms with Gasteiger partial charge in [-0.25, -0.2) is 0 Å². The monoisotopic (exact) mass is 189 g/mol. The second kappa shape index (κ2) is 5.54. The fourth-order valence-electron chi connectivity index (χ4n) is 1.46. The van der Waals surface area contributed by atoms with Crippen LogP contribution in [-0.4, -0.2) is 48.2 Å². The molecule has 1 heterocycles. The van der Waals surface area contributed by atoms with Crippen molar-refractivity contribution in [3.63, 3.8) is 0 Å². The maximum atomic E-state index is 9.52. The van der Waals surface area contributed by atoms with E-state index in [0.29, 0.717) is 19.6 Å². The number of hydrogen-bond acceptors (Lipinski definition) is 4. The van der Waals surface area contributed by atoms with Crippen LogP contribution in [0.4, 0.5) is 0 Å². The molecule has 0 amide bonds. The molecule has 0 aromatic carbocycles. The Morgan fingerprint density at radius 1 is 1.46 bits per heavy atom. The minimum atomic E-state index is -0.738. The van der Waals surface area contributed by atoms with Crippen molar-refractivity contribution in [2.45, 2.75) is 38.1 Å². The number of nitrogens with one attached hydrogen (secondary N) is 1. The first-order valence-electron chi connectivity index (χ1n) is 4.94. The molecule has 1 fully saturated rings. The molecule has 1 aliphatic rings. The van der Waals surface area contributed by atoms with Crippen LogP contribution in [-0.2, 0) is 4.74 Å². The Morgan fingerprint density at radius 3 is 2.92 bits per heavy atom. The zero-order valence-electron chi connectivity index (χ0n) is 8.07. The molecular weight excluding hydrogens is 170 g/mol.